The van der Waals surface area contributed by atoms with Crippen LogP contribution >= 0.6 is 0 Å². The first-order chi connectivity index (χ1) is 14.0. The maximum Gasteiger partial charge on any atom is 0.290 e. The molecule has 29 heavy (non-hydrogen) atoms. The Morgan fingerprint density at radius 2 is 2.07 bits per heavy atom. The van der Waals surface area contributed by atoms with Crippen LogP contribution in [-0.4, -0.2) is 58.1 Å². The number of nitro groups is 1. The molecule has 10 heteroatoms. The number of rotatable bonds is 9. The molecule has 152 valence electrons. The molecule has 1 atom stereocenters. The topological polar surface area (TPSA) is 143 Å². The minimum Gasteiger partial charge on any atom is -0.503 e. The fourth-order valence-corrected chi connectivity index (χ4v) is 3.14. The van der Waals surface area contributed by atoms with Crippen LogP contribution in [0.4, 0.5) is 5.69 Å². The highest BCUT2D eigenvalue weighted by atomic mass is 16.6. The second-order valence-corrected chi connectivity index (χ2v) is 6.16. The molecule has 0 saturated carbocycles. The molecule has 0 fully saturated rings. The molecule has 1 unspecified atom stereocenters. The van der Waals surface area contributed by atoms with Gasteiger partial charge in [0.2, 0.25) is 5.78 Å². The van der Waals surface area contributed by atoms with Crippen LogP contribution < -0.4 is 0 Å². The molecule has 0 aliphatic carbocycles. The van der Waals surface area contributed by atoms with E-state index in [1.54, 1.807) is 0 Å². The number of ether oxygens (including phenoxy) is 1. The number of carbonyl (C=O) groups excluding carboxylic acids is 2. The molecule has 0 spiro atoms. The number of Topliss-reactive ketones (excluding diaryl/α,β-unsaturated/α-hetero) is 1. The molecule has 1 aromatic carbocycles. The Morgan fingerprint density at radius 1 is 1.28 bits per heavy atom. The molecular weight excluding hydrogens is 384 g/mol. The number of nitro benzene ring substituents is 1. The highest BCUT2D eigenvalue weighted by Crippen LogP contribution is 2.39. The fraction of sp³-hybridized carbons (Fsp3) is 0.263. The molecule has 0 saturated heterocycles. The highest BCUT2D eigenvalue weighted by molar-refractivity contribution is 6.15. The molecule has 1 amide bonds. The van der Waals surface area contributed by atoms with Gasteiger partial charge in [-0.25, -0.2) is 0 Å². The number of nitrogens with zero attached hydrogens (tertiary/aromatic N) is 2. The van der Waals surface area contributed by atoms with E-state index in [1.807, 2.05) is 0 Å². The van der Waals surface area contributed by atoms with Gasteiger partial charge in [-0.3, -0.25) is 19.7 Å². The number of furan rings is 1. The van der Waals surface area contributed by atoms with Crippen molar-refractivity contribution in [1.29, 1.82) is 0 Å². The molecule has 2 heterocycles. The van der Waals surface area contributed by atoms with Gasteiger partial charge in [-0.2, -0.15) is 0 Å². The van der Waals surface area contributed by atoms with Crippen LogP contribution in [-0.2, 0) is 9.53 Å². The van der Waals surface area contributed by atoms with E-state index in [-0.39, 0.29) is 48.9 Å². The lowest BCUT2D eigenvalue weighted by molar-refractivity contribution is -0.384. The SMILES string of the molecule is O=C(C1=C(O)C(=O)N(CCOCCO)C1c1cccc([N+](=O)[O-])c1)c1ccco1. The van der Waals surface area contributed by atoms with Crippen molar-refractivity contribution in [2.45, 2.75) is 6.04 Å². The fourth-order valence-electron chi connectivity index (χ4n) is 3.14. The molecule has 0 radical (unpaired) electrons. The Labute approximate surface area is 164 Å². The standard InChI is InChI=1S/C19H18N2O8/c22-7-10-28-9-6-20-16(12-3-1-4-13(11-12)21(26)27)15(18(24)19(20)25)17(23)14-5-2-8-29-14/h1-5,8,11,16,22,24H,6-7,9-10H2. The third-order valence-corrected chi connectivity index (χ3v) is 4.40. The summed E-state index contributed by atoms with van der Waals surface area (Å²) in [5, 5.41) is 30.4. The van der Waals surface area contributed by atoms with Gasteiger partial charge in [0.15, 0.2) is 11.5 Å². The summed E-state index contributed by atoms with van der Waals surface area (Å²) in [4.78, 5) is 37.3. The van der Waals surface area contributed by atoms with E-state index in [0.717, 1.165) is 0 Å². The van der Waals surface area contributed by atoms with E-state index in [4.69, 9.17) is 14.3 Å². The van der Waals surface area contributed by atoms with Gasteiger partial charge in [0.25, 0.3) is 11.6 Å². The molecule has 10 nitrogen and oxygen atoms in total. The minimum absolute atomic E-state index is 0.00874. The van der Waals surface area contributed by atoms with Crippen molar-refractivity contribution < 1.29 is 33.9 Å². The Bertz CT molecular complexity index is 951. The van der Waals surface area contributed by atoms with Gasteiger partial charge in [0.05, 0.1) is 42.6 Å². The third-order valence-electron chi connectivity index (χ3n) is 4.40. The average molecular weight is 402 g/mol. The van der Waals surface area contributed by atoms with Crippen molar-refractivity contribution in [1.82, 2.24) is 4.90 Å². The van der Waals surface area contributed by atoms with Crippen LogP contribution in [0.3, 0.4) is 0 Å². The lowest BCUT2D eigenvalue weighted by Crippen LogP contribution is -2.34. The van der Waals surface area contributed by atoms with Crippen molar-refractivity contribution in [2.24, 2.45) is 0 Å². The highest BCUT2D eigenvalue weighted by Gasteiger charge is 2.44. The summed E-state index contributed by atoms with van der Waals surface area (Å²) in [6, 6.07) is 7.32. The molecule has 2 aromatic rings. The maximum atomic E-state index is 12.9. The first-order valence-electron chi connectivity index (χ1n) is 8.71. The quantitative estimate of drug-likeness (QED) is 0.280. The number of benzene rings is 1. The van der Waals surface area contributed by atoms with Gasteiger partial charge in [-0.05, 0) is 17.7 Å². The van der Waals surface area contributed by atoms with Crippen LogP contribution in [0.5, 0.6) is 0 Å². The predicted octanol–water partition coefficient (Wildman–Crippen LogP) is 1.77. The molecular formula is C19H18N2O8. The summed E-state index contributed by atoms with van der Waals surface area (Å²) < 4.78 is 10.3. The predicted molar refractivity (Wildman–Crippen MR) is 98.1 cm³/mol. The number of hydrogen-bond donors (Lipinski definition) is 2. The second kappa shape index (κ2) is 8.67. The lowest BCUT2D eigenvalue weighted by atomic mass is 9.95. The summed E-state index contributed by atoms with van der Waals surface area (Å²) in [6.07, 6.45) is 1.28. The van der Waals surface area contributed by atoms with Crippen molar-refractivity contribution in [3.8, 4) is 0 Å². The first-order valence-corrected chi connectivity index (χ1v) is 8.71. The van der Waals surface area contributed by atoms with Gasteiger partial charge in [0, 0.05) is 18.7 Å². The van der Waals surface area contributed by atoms with Gasteiger partial charge in [0.1, 0.15) is 0 Å². The number of aliphatic hydroxyl groups is 2. The van der Waals surface area contributed by atoms with Crippen molar-refractivity contribution in [3.05, 3.63) is 75.4 Å². The Hall–Kier alpha value is -3.50. The number of ketones is 1. The molecule has 1 aromatic heterocycles. The van der Waals surface area contributed by atoms with Crippen molar-refractivity contribution in [3.63, 3.8) is 0 Å². The van der Waals surface area contributed by atoms with Gasteiger partial charge < -0.3 is 24.3 Å². The molecule has 2 N–H and O–H groups in total. The first kappa shape index (κ1) is 20.2. The van der Waals surface area contributed by atoms with E-state index < -0.39 is 28.4 Å². The van der Waals surface area contributed by atoms with Gasteiger partial charge in [-0.1, -0.05) is 12.1 Å². The number of amides is 1. The smallest absolute Gasteiger partial charge is 0.290 e. The van der Waals surface area contributed by atoms with Crippen molar-refractivity contribution >= 4 is 17.4 Å². The number of carbonyl (C=O) groups is 2. The largest absolute Gasteiger partial charge is 0.503 e. The van der Waals surface area contributed by atoms with Crippen LogP contribution in [0.1, 0.15) is 22.2 Å². The lowest BCUT2D eigenvalue weighted by Gasteiger charge is -2.26. The number of non-ortho nitro benzene ring substituents is 1. The maximum absolute atomic E-state index is 12.9. The minimum atomic E-state index is -1.06. The summed E-state index contributed by atoms with van der Waals surface area (Å²) in [6.45, 7) is -0.118. The zero-order valence-corrected chi connectivity index (χ0v) is 15.2. The van der Waals surface area contributed by atoms with E-state index in [2.05, 4.69) is 0 Å². The van der Waals surface area contributed by atoms with Crippen LogP contribution in [0.25, 0.3) is 0 Å². The normalized spacial score (nSPS) is 16.5. The third kappa shape index (κ3) is 4.03. The number of aliphatic hydroxyl groups excluding tert-OH is 2. The van der Waals surface area contributed by atoms with Gasteiger partial charge >= 0.3 is 0 Å². The molecule has 1 aliphatic rings. The Morgan fingerprint density at radius 3 is 2.72 bits per heavy atom. The van der Waals surface area contributed by atoms with Crippen LogP contribution in [0, 0.1) is 10.1 Å². The van der Waals surface area contributed by atoms with Crippen LogP contribution in [0.15, 0.2) is 58.4 Å². The Balaban J connectivity index is 2.02. The monoisotopic (exact) mass is 402 g/mol. The second-order valence-electron chi connectivity index (χ2n) is 6.16. The summed E-state index contributed by atoms with van der Waals surface area (Å²) in [7, 11) is 0. The van der Waals surface area contributed by atoms with Crippen molar-refractivity contribution in [2.75, 3.05) is 26.4 Å². The summed E-state index contributed by atoms with van der Waals surface area (Å²) in [5.41, 5.74) is -0.163. The van der Waals surface area contributed by atoms with E-state index in [0.29, 0.717) is 0 Å². The number of hydrogen-bond acceptors (Lipinski definition) is 8. The molecule has 3 rings (SSSR count). The van der Waals surface area contributed by atoms with Gasteiger partial charge in [-0.15, -0.1) is 0 Å². The average Bonchev–Trinajstić information content (AvgIpc) is 3.33. The summed E-state index contributed by atoms with van der Waals surface area (Å²) in [5.74, 6) is -2.32. The van der Waals surface area contributed by atoms with Crippen LogP contribution in [0.2, 0.25) is 0 Å². The zero-order valence-electron chi connectivity index (χ0n) is 15.2. The van der Waals surface area contributed by atoms with E-state index >= 15 is 0 Å². The zero-order chi connectivity index (χ0) is 21.0. The van der Waals surface area contributed by atoms with E-state index in [9.17, 15) is 24.8 Å². The Kier molecular flexibility index (Phi) is 6.05. The summed E-state index contributed by atoms with van der Waals surface area (Å²) >= 11 is 0. The molecule has 1 aliphatic heterocycles. The van der Waals surface area contributed by atoms with E-state index in [1.165, 1.54) is 47.6 Å². The molecule has 0 bridgehead atoms.